The zero-order chi connectivity index (χ0) is 9.60. The number of rotatable bonds is 2. The van der Waals surface area contributed by atoms with Gasteiger partial charge in [0, 0.05) is 30.7 Å². The second-order valence-corrected chi connectivity index (χ2v) is 4.69. The molecule has 0 aromatic heterocycles. The van der Waals surface area contributed by atoms with E-state index < -0.39 is 0 Å². The number of hydrogen-bond donors (Lipinski definition) is 1. The molecule has 2 nitrogen and oxygen atoms in total. The average molecular weight is 188 g/mol. The van der Waals surface area contributed by atoms with Crippen molar-refractivity contribution in [2.24, 2.45) is 11.1 Å². The Morgan fingerprint density at radius 3 is 2.57 bits per heavy atom. The van der Waals surface area contributed by atoms with E-state index in [9.17, 15) is 0 Å². The molecule has 0 atom stereocenters. The highest BCUT2D eigenvalue weighted by Gasteiger charge is 2.52. The molecular weight excluding hydrogens is 172 g/mol. The highest BCUT2D eigenvalue weighted by atomic mass is 15.2. The predicted molar refractivity (Wildman–Crippen MR) is 58.2 cm³/mol. The first-order valence-corrected chi connectivity index (χ1v) is 5.36. The Morgan fingerprint density at radius 1 is 1.21 bits per heavy atom. The van der Waals surface area contributed by atoms with Crippen LogP contribution in [-0.4, -0.2) is 13.1 Å². The molecule has 0 radical (unpaired) electrons. The van der Waals surface area contributed by atoms with Crippen molar-refractivity contribution in [3.05, 3.63) is 29.8 Å². The highest BCUT2D eigenvalue weighted by molar-refractivity contribution is 5.56. The minimum atomic E-state index is 0.652. The Labute approximate surface area is 84.7 Å². The molecule has 1 aliphatic carbocycles. The van der Waals surface area contributed by atoms with Gasteiger partial charge in [-0.2, -0.15) is 0 Å². The van der Waals surface area contributed by atoms with Crippen LogP contribution < -0.4 is 10.6 Å². The van der Waals surface area contributed by atoms with Gasteiger partial charge in [0.05, 0.1) is 0 Å². The van der Waals surface area contributed by atoms with Gasteiger partial charge >= 0.3 is 0 Å². The molecule has 0 unspecified atom stereocenters. The molecule has 74 valence electrons. The predicted octanol–water partition coefficient (Wildman–Crippen LogP) is 1.75. The Bertz CT molecular complexity index is 347. The van der Waals surface area contributed by atoms with Crippen LogP contribution in [-0.2, 0) is 6.54 Å². The maximum atomic E-state index is 5.72. The van der Waals surface area contributed by atoms with Crippen LogP contribution >= 0.6 is 0 Å². The lowest BCUT2D eigenvalue weighted by atomic mass is 9.95. The van der Waals surface area contributed by atoms with Crippen molar-refractivity contribution < 1.29 is 0 Å². The molecule has 2 N–H and O–H groups in total. The summed E-state index contributed by atoms with van der Waals surface area (Å²) in [6, 6.07) is 8.50. The van der Waals surface area contributed by atoms with Gasteiger partial charge < -0.3 is 10.6 Å². The maximum absolute atomic E-state index is 5.72. The quantitative estimate of drug-likeness (QED) is 0.766. The first kappa shape index (κ1) is 8.30. The van der Waals surface area contributed by atoms with E-state index in [2.05, 4.69) is 29.2 Å². The van der Waals surface area contributed by atoms with Gasteiger partial charge in [0.15, 0.2) is 0 Å². The molecule has 2 aliphatic rings. The minimum Gasteiger partial charge on any atom is -0.370 e. The summed E-state index contributed by atoms with van der Waals surface area (Å²) in [6.07, 6.45) is 2.88. The lowest BCUT2D eigenvalue weighted by Gasteiger charge is -2.42. The normalized spacial score (nSPS) is 22.2. The summed E-state index contributed by atoms with van der Waals surface area (Å²) in [7, 11) is 0. The standard InChI is InChI=1S/C12H16N2/c13-7-10-3-1-2-4-11(10)14-8-12(9-14)5-6-12/h1-4H,5-9,13H2. The molecule has 2 fully saturated rings. The summed E-state index contributed by atoms with van der Waals surface area (Å²) >= 11 is 0. The lowest BCUT2D eigenvalue weighted by Crippen LogP contribution is -2.48. The third-order valence-corrected chi connectivity index (χ3v) is 3.56. The fourth-order valence-corrected chi connectivity index (χ4v) is 2.42. The van der Waals surface area contributed by atoms with E-state index in [-0.39, 0.29) is 0 Å². The summed E-state index contributed by atoms with van der Waals surface area (Å²) in [5.41, 5.74) is 9.08. The molecule has 0 amide bonds. The van der Waals surface area contributed by atoms with Gasteiger partial charge in [0.25, 0.3) is 0 Å². The topological polar surface area (TPSA) is 29.3 Å². The van der Waals surface area contributed by atoms with E-state index >= 15 is 0 Å². The van der Waals surface area contributed by atoms with Crippen LogP contribution in [0.25, 0.3) is 0 Å². The van der Waals surface area contributed by atoms with E-state index in [1.165, 1.54) is 37.2 Å². The van der Waals surface area contributed by atoms with Gasteiger partial charge in [-0.05, 0) is 24.5 Å². The van der Waals surface area contributed by atoms with Crippen LogP contribution in [0.2, 0.25) is 0 Å². The Hall–Kier alpha value is -1.02. The van der Waals surface area contributed by atoms with Gasteiger partial charge in [-0.3, -0.25) is 0 Å². The van der Waals surface area contributed by atoms with Crippen molar-refractivity contribution in [3.63, 3.8) is 0 Å². The zero-order valence-electron chi connectivity index (χ0n) is 8.37. The van der Waals surface area contributed by atoms with Gasteiger partial charge in [-0.1, -0.05) is 18.2 Å². The van der Waals surface area contributed by atoms with Crippen molar-refractivity contribution in [2.75, 3.05) is 18.0 Å². The summed E-state index contributed by atoms with van der Waals surface area (Å²) in [4.78, 5) is 2.47. The monoisotopic (exact) mass is 188 g/mol. The number of hydrogen-bond acceptors (Lipinski definition) is 2. The Morgan fingerprint density at radius 2 is 1.93 bits per heavy atom. The largest absolute Gasteiger partial charge is 0.370 e. The molecular formula is C12H16N2. The molecule has 1 spiro atoms. The lowest BCUT2D eigenvalue weighted by molar-refractivity contribution is 0.387. The van der Waals surface area contributed by atoms with Gasteiger partial charge in [0.1, 0.15) is 0 Å². The number of benzene rings is 1. The number of nitrogens with zero attached hydrogens (tertiary/aromatic N) is 1. The summed E-state index contributed by atoms with van der Waals surface area (Å²) < 4.78 is 0. The van der Waals surface area contributed by atoms with Gasteiger partial charge in [0.2, 0.25) is 0 Å². The second kappa shape index (κ2) is 2.74. The van der Waals surface area contributed by atoms with Crippen molar-refractivity contribution >= 4 is 5.69 Å². The molecule has 1 heterocycles. The Balaban J connectivity index is 1.82. The fraction of sp³-hybridized carbons (Fsp3) is 0.500. The van der Waals surface area contributed by atoms with Gasteiger partial charge in [-0.15, -0.1) is 0 Å². The molecule has 1 aliphatic heterocycles. The van der Waals surface area contributed by atoms with Crippen LogP contribution in [0, 0.1) is 5.41 Å². The first-order valence-electron chi connectivity index (χ1n) is 5.36. The molecule has 0 bridgehead atoms. The minimum absolute atomic E-state index is 0.652. The second-order valence-electron chi connectivity index (χ2n) is 4.69. The number of para-hydroxylation sites is 1. The van der Waals surface area contributed by atoms with E-state index in [0.29, 0.717) is 6.54 Å². The molecule has 1 aromatic rings. The van der Waals surface area contributed by atoms with Crippen molar-refractivity contribution in [1.29, 1.82) is 0 Å². The Kier molecular flexibility index (Phi) is 1.62. The summed E-state index contributed by atoms with van der Waals surface area (Å²) in [5.74, 6) is 0. The van der Waals surface area contributed by atoms with Crippen molar-refractivity contribution in [3.8, 4) is 0 Å². The van der Waals surface area contributed by atoms with Crippen LogP contribution in [0.4, 0.5) is 5.69 Å². The smallest absolute Gasteiger partial charge is 0.0412 e. The average Bonchev–Trinajstić information content (AvgIpc) is 2.95. The molecule has 1 saturated carbocycles. The van der Waals surface area contributed by atoms with Crippen LogP contribution in [0.1, 0.15) is 18.4 Å². The first-order chi connectivity index (χ1) is 6.83. The van der Waals surface area contributed by atoms with E-state index in [0.717, 1.165) is 5.41 Å². The molecule has 2 heteroatoms. The fourth-order valence-electron chi connectivity index (χ4n) is 2.42. The maximum Gasteiger partial charge on any atom is 0.0412 e. The van der Waals surface area contributed by atoms with Crippen molar-refractivity contribution in [1.82, 2.24) is 0 Å². The molecule has 3 rings (SSSR count). The van der Waals surface area contributed by atoms with Crippen LogP contribution in [0.3, 0.4) is 0 Å². The third-order valence-electron chi connectivity index (χ3n) is 3.56. The van der Waals surface area contributed by atoms with E-state index in [1.807, 2.05) is 0 Å². The SMILES string of the molecule is NCc1ccccc1N1CC2(CC2)C1. The van der Waals surface area contributed by atoms with Crippen LogP contribution in [0.15, 0.2) is 24.3 Å². The molecule has 1 saturated heterocycles. The molecule has 1 aromatic carbocycles. The summed E-state index contributed by atoms with van der Waals surface area (Å²) in [6.45, 7) is 3.16. The van der Waals surface area contributed by atoms with E-state index in [1.54, 1.807) is 0 Å². The van der Waals surface area contributed by atoms with Crippen LogP contribution in [0.5, 0.6) is 0 Å². The third kappa shape index (κ3) is 1.14. The van der Waals surface area contributed by atoms with Crippen molar-refractivity contribution in [2.45, 2.75) is 19.4 Å². The van der Waals surface area contributed by atoms with Gasteiger partial charge in [-0.25, -0.2) is 0 Å². The molecule has 14 heavy (non-hydrogen) atoms. The zero-order valence-corrected chi connectivity index (χ0v) is 8.37. The summed E-state index contributed by atoms with van der Waals surface area (Å²) in [5, 5.41) is 0. The number of anilines is 1. The van der Waals surface area contributed by atoms with E-state index in [4.69, 9.17) is 5.73 Å². The highest BCUT2D eigenvalue weighted by Crippen LogP contribution is 2.54. The number of nitrogens with two attached hydrogens (primary N) is 1.